The molecular formula is C6H6N2O2. The van der Waals surface area contributed by atoms with E-state index in [0.29, 0.717) is 5.88 Å². The van der Waals surface area contributed by atoms with Crippen molar-refractivity contribution in [2.75, 3.05) is 6.79 Å². The van der Waals surface area contributed by atoms with Gasteiger partial charge in [0, 0.05) is 12.4 Å². The average Bonchev–Trinajstić information content (AvgIpc) is 2.59. The standard InChI is InChI=1S/C6H6N2O2/c1-2-7-8(3-1)6-4-9-5-10-6/h1-4H,5H2. The Balaban J connectivity index is 2.28. The third-order valence-electron chi connectivity index (χ3n) is 1.19. The highest BCUT2D eigenvalue weighted by atomic mass is 16.7. The largest absolute Gasteiger partial charge is 0.459 e. The van der Waals surface area contributed by atoms with Crippen LogP contribution >= 0.6 is 0 Å². The Morgan fingerprint density at radius 2 is 2.60 bits per heavy atom. The quantitative estimate of drug-likeness (QED) is 0.571. The van der Waals surface area contributed by atoms with Crippen LogP contribution in [0.3, 0.4) is 0 Å². The highest BCUT2D eigenvalue weighted by Gasteiger charge is 2.06. The number of aromatic nitrogens is 2. The zero-order chi connectivity index (χ0) is 6.81. The van der Waals surface area contributed by atoms with Crippen molar-refractivity contribution in [3.63, 3.8) is 0 Å². The van der Waals surface area contributed by atoms with Gasteiger partial charge in [0.2, 0.25) is 6.79 Å². The van der Waals surface area contributed by atoms with E-state index in [9.17, 15) is 0 Å². The molecule has 0 bridgehead atoms. The van der Waals surface area contributed by atoms with Gasteiger partial charge in [-0.2, -0.15) is 5.10 Å². The molecule has 0 spiro atoms. The lowest BCUT2D eigenvalue weighted by atomic mass is 10.7. The van der Waals surface area contributed by atoms with E-state index in [1.54, 1.807) is 17.1 Å². The lowest BCUT2D eigenvalue weighted by Crippen LogP contribution is -1.96. The van der Waals surface area contributed by atoms with E-state index in [0.717, 1.165) is 0 Å². The highest BCUT2D eigenvalue weighted by Crippen LogP contribution is 2.10. The number of ether oxygens (including phenoxy) is 2. The van der Waals surface area contributed by atoms with E-state index in [2.05, 4.69) is 5.10 Å². The van der Waals surface area contributed by atoms with Crippen molar-refractivity contribution in [3.05, 3.63) is 24.7 Å². The first-order valence-electron chi connectivity index (χ1n) is 2.91. The van der Waals surface area contributed by atoms with E-state index >= 15 is 0 Å². The second kappa shape index (κ2) is 2.06. The van der Waals surface area contributed by atoms with E-state index < -0.39 is 0 Å². The minimum Gasteiger partial charge on any atom is -0.459 e. The van der Waals surface area contributed by atoms with Gasteiger partial charge in [0.05, 0.1) is 0 Å². The summed E-state index contributed by atoms with van der Waals surface area (Å²) in [5.74, 6) is 0.630. The number of hydrogen-bond acceptors (Lipinski definition) is 3. The summed E-state index contributed by atoms with van der Waals surface area (Å²) in [5.41, 5.74) is 0. The van der Waals surface area contributed by atoms with E-state index in [-0.39, 0.29) is 6.79 Å². The van der Waals surface area contributed by atoms with Gasteiger partial charge in [0.1, 0.15) is 6.26 Å². The Morgan fingerprint density at radius 3 is 3.20 bits per heavy atom. The Morgan fingerprint density at radius 1 is 1.60 bits per heavy atom. The van der Waals surface area contributed by atoms with Crippen LogP contribution in [0.2, 0.25) is 0 Å². The van der Waals surface area contributed by atoms with Crippen molar-refractivity contribution in [2.24, 2.45) is 0 Å². The zero-order valence-electron chi connectivity index (χ0n) is 5.23. The number of hydrogen-bond donors (Lipinski definition) is 0. The minimum absolute atomic E-state index is 0.287. The lowest BCUT2D eigenvalue weighted by Gasteiger charge is -1.97. The second-order valence-electron chi connectivity index (χ2n) is 1.84. The van der Waals surface area contributed by atoms with Crippen LogP contribution in [0.1, 0.15) is 0 Å². The first-order chi connectivity index (χ1) is 4.97. The molecule has 2 heterocycles. The predicted molar refractivity (Wildman–Crippen MR) is 33.5 cm³/mol. The van der Waals surface area contributed by atoms with Gasteiger partial charge in [0.15, 0.2) is 0 Å². The molecule has 0 aromatic carbocycles. The molecule has 0 aliphatic carbocycles. The molecule has 4 nitrogen and oxygen atoms in total. The van der Waals surface area contributed by atoms with Crippen LogP contribution in [-0.4, -0.2) is 16.6 Å². The van der Waals surface area contributed by atoms with Crippen molar-refractivity contribution < 1.29 is 9.47 Å². The second-order valence-corrected chi connectivity index (χ2v) is 1.84. The van der Waals surface area contributed by atoms with Gasteiger partial charge in [-0.15, -0.1) is 0 Å². The van der Waals surface area contributed by atoms with Crippen LogP contribution in [0.25, 0.3) is 5.88 Å². The van der Waals surface area contributed by atoms with Gasteiger partial charge in [-0.05, 0) is 6.07 Å². The topological polar surface area (TPSA) is 36.3 Å². The molecular weight excluding hydrogens is 132 g/mol. The smallest absolute Gasteiger partial charge is 0.253 e. The van der Waals surface area contributed by atoms with Gasteiger partial charge in [-0.3, -0.25) is 0 Å². The van der Waals surface area contributed by atoms with Crippen LogP contribution in [-0.2, 0) is 9.47 Å². The molecule has 1 aliphatic rings. The van der Waals surface area contributed by atoms with Gasteiger partial charge in [0.25, 0.3) is 5.88 Å². The first-order valence-corrected chi connectivity index (χ1v) is 2.91. The van der Waals surface area contributed by atoms with E-state index in [4.69, 9.17) is 9.47 Å². The molecule has 0 amide bonds. The number of nitrogens with zero attached hydrogens (tertiary/aromatic N) is 2. The summed E-state index contributed by atoms with van der Waals surface area (Å²) in [5, 5.41) is 3.94. The molecule has 0 radical (unpaired) electrons. The highest BCUT2D eigenvalue weighted by molar-refractivity contribution is 5.33. The van der Waals surface area contributed by atoms with Crippen molar-refractivity contribution in [1.29, 1.82) is 0 Å². The summed E-state index contributed by atoms with van der Waals surface area (Å²) in [4.78, 5) is 0. The molecule has 2 rings (SSSR count). The monoisotopic (exact) mass is 138 g/mol. The maximum Gasteiger partial charge on any atom is 0.253 e. The normalized spacial score (nSPS) is 15.8. The van der Waals surface area contributed by atoms with Crippen molar-refractivity contribution in [3.8, 4) is 0 Å². The summed E-state index contributed by atoms with van der Waals surface area (Å²) in [6.07, 6.45) is 5.01. The SMILES string of the molecule is C1=C(n2cccn2)OCO1. The van der Waals surface area contributed by atoms with Gasteiger partial charge in [-0.1, -0.05) is 0 Å². The predicted octanol–water partition coefficient (Wildman–Crippen LogP) is 0.643. The van der Waals surface area contributed by atoms with Crippen LogP contribution < -0.4 is 0 Å². The number of rotatable bonds is 1. The molecule has 4 heteroatoms. The molecule has 1 aliphatic heterocycles. The third kappa shape index (κ3) is 0.737. The van der Waals surface area contributed by atoms with E-state index in [1.807, 2.05) is 6.07 Å². The molecule has 0 saturated heterocycles. The van der Waals surface area contributed by atoms with Gasteiger partial charge >= 0.3 is 0 Å². The molecule has 0 N–H and O–H groups in total. The molecule has 0 fully saturated rings. The first kappa shape index (κ1) is 5.34. The lowest BCUT2D eigenvalue weighted by molar-refractivity contribution is 0.0951. The van der Waals surface area contributed by atoms with E-state index in [1.165, 1.54) is 6.26 Å². The minimum atomic E-state index is 0.287. The van der Waals surface area contributed by atoms with Crippen LogP contribution in [0.4, 0.5) is 0 Å². The maximum atomic E-state index is 5.04. The third-order valence-corrected chi connectivity index (χ3v) is 1.19. The Kier molecular flexibility index (Phi) is 1.10. The molecule has 0 atom stereocenters. The zero-order valence-corrected chi connectivity index (χ0v) is 5.23. The fraction of sp³-hybridized carbons (Fsp3) is 0.167. The van der Waals surface area contributed by atoms with Crippen molar-refractivity contribution >= 4 is 5.88 Å². The maximum absolute atomic E-state index is 5.04. The van der Waals surface area contributed by atoms with Gasteiger partial charge in [-0.25, -0.2) is 4.68 Å². The summed E-state index contributed by atoms with van der Waals surface area (Å²) in [6, 6.07) is 1.82. The fourth-order valence-electron chi connectivity index (χ4n) is 0.753. The summed E-state index contributed by atoms with van der Waals surface area (Å²) >= 11 is 0. The average molecular weight is 138 g/mol. The molecule has 1 aromatic heterocycles. The van der Waals surface area contributed by atoms with Crippen LogP contribution in [0.15, 0.2) is 24.7 Å². The molecule has 1 aromatic rings. The van der Waals surface area contributed by atoms with Crippen molar-refractivity contribution in [2.45, 2.75) is 0 Å². The molecule has 52 valence electrons. The Labute approximate surface area is 57.7 Å². The van der Waals surface area contributed by atoms with Crippen LogP contribution in [0.5, 0.6) is 0 Å². The van der Waals surface area contributed by atoms with Crippen LogP contribution in [0, 0.1) is 0 Å². The summed E-state index contributed by atoms with van der Waals surface area (Å²) < 4.78 is 11.5. The molecule has 0 unspecified atom stereocenters. The summed E-state index contributed by atoms with van der Waals surface area (Å²) in [7, 11) is 0. The fourth-order valence-corrected chi connectivity index (χ4v) is 0.753. The summed E-state index contributed by atoms with van der Waals surface area (Å²) in [6.45, 7) is 0.287. The molecule has 10 heavy (non-hydrogen) atoms. The Hall–Kier alpha value is -1.45. The molecule has 0 saturated carbocycles. The Bertz CT molecular complexity index is 240. The van der Waals surface area contributed by atoms with Crippen molar-refractivity contribution in [1.82, 2.24) is 9.78 Å². The van der Waals surface area contributed by atoms with Gasteiger partial charge < -0.3 is 9.47 Å².